The highest BCUT2D eigenvalue weighted by atomic mass is 35.5. The first kappa shape index (κ1) is 28.6. The molecule has 4 rings (SSSR count). The highest BCUT2D eigenvalue weighted by molar-refractivity contribution is 6.30. The van der Waals surface area contributed by atoms with Gasteiger partial charge in [-0.05, 0) is 35.9 Å². The van der Waals surface area contributed by atoms with Gasteiger partial charge in [-0.2, -0.15) is 18.3 Å². The molecule has 1 aliphatic heterocycles. The lowest BCUT2D eigenvalue weighted by atomic mass is 9.97. The molecule has 1 aliphatic rings. The number of nitrogens with one attached hydrogen (secondary N) is 5. The Hall–Kier alpha value is -4.40. The number of hydrogen-bond acceptors (Lipinski definition) is 7. The number of alkyl halides is 4. The van der Waals surface area contributed by atoms with Crippen LogP contribution in [0.15, 0.2) is 41.5 Å². The Balaban J connectivity index is 1.40. The molecule has 40 heavy (non-hydrogen) atoms. The Morgan fingerprint density at radius 2 is 1.93 bits per heavy atom. The minimum Gasteiger partial charge on any atom is -0.481 e. The number of benzene rings is 2. The van der Waals surface area contributed by atoms with Crippen molar-refractivity contribution in [2.24, 2.45) is 4.99 Å². The third-order valence-electron chi connectivity index (χ3n) is 5.87. The Kier molecular flexibility index (Phi) is 8.42. The summed E-state index contributed by atoms with van der Waals surface area (Å²) in [5, 5.41) is 27.0. The van der Waals surface area contributed by atoms with Crippen LogP contribution in [0.25, 0.3) is 10.9 Å². The summed E-state index contributed by atoms with van der Waals surface area (Å²) in [6.07, 6.45) is -4.34. The molecule has 0 saturated carbocycles. The highest BCUT2D eigenvalue weighted by Crippen LogP contribution is 2.33. The number of nitrogens with zero attached hydrogens (tertiary/aromatic N) is 2. The Morgan fingerprint density at radius 1 is 1.15 bits per heavy atom. The van der Waals surface area contributed by atoms with Crippen molar-refractivity contribution in [3.63, 3.8) is 0 Å². The van der Waals surface area contributed by atoms with E-state index in [1.165, 1.54) is 18.3 Å². The van der Waals surface area contributed by atoms with Crippen LogP contribution in [-0.2, 0) is 15.8 Å². The third kappa shape index (κ3) is 6.97. The standard InChI is InChI=1S/C24H22ClF4N7O4/c25-14-2-11(1-13(5-14)24(27,28)29)16(22(39)40)8-30-20(37)10-31-21(38)12-3-18(17-9-34-36-19(17)4-12)35-23-32-6-15(26)7-33-23/h1-5,9,15-16H,6-8,10H2,(H,30,37)(H,31,38)(H,34,36)(H,39,40)(H2,32,33,35). The Labute approximate surface area is 228 Å². The van der Waals surface area contributed by atoms with E-state index >= 15 is 0 Å². The number of amides is 2. The summed E-state index contributed by atoms with van der Waals surface area (Å²) >= 11 is 5.75. The quantitative estimate of drug-likeness (QED) is 0.222. The third-order valence-corrected chi connectivity index (χ3v) is 6.09. The second kappa shape index (κ2) is 11.8. The number of aliphatic imine (C=N–C) groups is 1. The van der Waals surface area contributed by atoms with Crippen LogP contribution in [0.4, 0.5) is 23.2 Å². The van der Waals surface area contributed by atoms with E-state index in [0.29, 0.717) is 34.7 Å². The molecule has 0 fully saturated rings. The summed E-state index contributed by atoms with van der Waals surface area (Å²) in [6.45, 7) is -1.06. The molecule has 212 valence electrons. The van der Waals surface area contributed by atoms with Crippen LogP contribution in [0.1, 0.15) is 27.4 Å². The lowest BCUT2D eigenvalue weighted by Gasteiger charge is -2.19. The molecule has 2 atom stereocenters. The molecule has 0 bridgehead atoms. The number of H-pyrrole nitrogens is 1. The van der Waals surface area contributed by atoms with Gasteiger partial charge in [0.25, 0.3) is 5.91 Å². The van der Waals surface area contributed by atoms with Crippen molar-refractivity contribution in [3.8, 4) is 0 Å². The average molecular weight is 584 g/mol. The zero-order valence-corrected chi connectivity index (χ0v) is 21.2. The van der Waals surface area contributed by atoms with Gasteiger partial charge in [0.15, 0.2) is 5.96 Å². The monoisotopic (exact) mass is 583 g/mol. The molecule has 11 nitrogen and oxygen atoms in total. The normalized spacial score (nSPS) is 16.0. The molecule has 0 spiro atoms. The molecular formula is C24H22ClF4N7O4. The molecule has 6 N–H and O–H groups in total. The molecule has 2 unspecified atom stereocenters. The number of hydrogen-bond donors (Lipinski definition) is 6. The Morgan fingerprint density at radius 3 is 2.60 bits per heavy atom. The topological polar surface area (TPSA) is 161 Å². The molecule has 2 amide bonds. The molecule has 2 aromatic carbocycles. The first-order chi connectivity index (χ1) is 18.9. The van der Waals surface area contributed by atoms with E-state index in [1.54, 1.807) is 0 Å². The highest BCUT2D eigenvalue weighted by Gasteiger charge is 2.33. The fraction of sp³-hybridized carbons (Fsp3) is 0.292. The predicted molar refractivity (Wildman–Crippen MR) is 137 cm³/mol. The van der Waals surface area contributed by atoms with Crippen molar-refractivity contribution in [3.05, 3.63) is 58.2 Å². The maximum atomic E-state index is 13.3. The van der Waals surface area contributed by atoms with Crippen LogP contribution in [0.3, 0.4) is 0 Å². The summed E-state index contributed by atoms with van der Waals surface area (Å²) in [4.78, 5) is 40.9. The van der Waals surface area contributed by atoms with Crippen LogP contribution >= 0.6 is 11.6 Å². The lowest BCUT2D eigenvalue weighted by molar-refractivity contribution is -0.140. The minimum absolute atomic E-state index is 0.0251. The molecule has 3 aromatic rings. The molecule has 0 radical (unpaired) electrons. The number of carboxylic acids is 1. The number of aliphatic carboxylic acids is 1. The molecule has 0 saturated heterocycles. The largest absolute Gasteiger partial charge is 0.481 e. The van der Waals surface area contributed by atoms with Gasteiger partial charge < -0.3 is 26.4 Å². The van der Waals surface area contributed by atoms with Gasteiger partial charge in [0.05, 0.1) is 48.5 Å². The SMILES string of the molecule is O=C(CNC(=O)c1cc(NC2=NCC(F)CN2)c2cn[nH]c2c1)NCC(C(=O)O)c1cc(Cl)cc(C(F)(F)F)c1. The number of halogens is 5. The van der Waals surface area contributed by atoms with E-state index in [-0.39, 0.29) is 29.2 Å². The molecule has 0 aliphatic carbocycles. The number of guanidine groups is 1. The van der Waals surface area contributed by atoms with E-state index in [9.17, 15) is 37.1 Å². The van der Waals surface area contributed by atoms with Gasteiger partial charge in [-0.1, -0.05) is 11.6 Å². The number of aromatic nitrogens is 2. The number of carboxylic acid groups (broad SMARTS) is 1. The number of aromatic amines is 1. The molecule has 2 heterocycles. The van der Waals surface area contributed by atoms with Crippen LogP contribution in [0, 0.1) is 0 Å². The summed E-state index contributed by atoms with van der Waals surface area (Å²) < 4.78 is 52.7. The van der Waals surface area contributed by atoms with Crippen LogP contribution < -0.4 is 21.3 Å². The fourth-order valence-corrected chi connectivity index (χ4v) is 4.12. The number of carbonyl (C=O) groups is 3. The average Bonchev–Trinajstić information content (AvgIpc) is 3.37. The van der Waals surface area contributed by atoms with Gasteiger partial charge >= 0.3 is 12.1 Å². The van der Waals surface area contributed by atoms with Crippen molar-refractivity contribution >= 4 is 51.9 Å². The second-order valence-electron chi connectivity index (χ2n) is 8.80. The van der Waals surface area contributed by atoms with E-state index in [4.69, 9.17) is 11.6 Å². The Bertz CT molecular complexity index is 1480. The van der Waals surface area contributed by atoms with E-state index < -0.39 is 54.7 Å². The number of fused-ring (bicyclic) bond motifs is 1. The zero-order chi connectivity index (χ0) is 29.0. The first-order valence-electron chi connectivity index (χ1n) is 11.7. The minimum atomic E-state index is -4.75. The zero-order valence-electron chi connectivity index (χ0n) is 20.4. The van der Waals surface area contributed by atoms with Crippen LogP contribution in [0.5, 0.6) is 0 Å². The second-order valence-corrected chi connectivity index (χ2v) is 9.23. The van der Waals surface area contributed by atoms with E-state index in [2.05, 4.69) is 36.5 Å². The van der Waals surface area contributed by atoms with Gasteiger partial charge in [-0.3, -0.25) is 19.5 Å². The van der Waals surface area contributed by atoms with Crippen molar-refractivity contribution in [1.29, 1.82) is 0 Å². The summed E-state index contributed by atoms with van der Waals surface area (Å²) in [7, 11) is 0. The fourth-order valence-electron chi connectivity index (χ4n) is 3.88. The smallest absolute Gasteiger partial charge is 0.416 e. The van der Waals surface area contributed by atoms with Gasteiger partial charge in [0, 0.05) is 22.5 Å². The first-order valence-corrected chi connectivity index (χ1v) is 12.1. The van der Waals surface area contributed by atoms with Crippen molar-refractivity contribution < 1.29 is 37.1 Å². The molecule has 1 aromatic heterocycles. The summed E-state index contributed by atoms with van der Waals surface area (Å²) in [5.41, 5.74) is -0.310. The number of anilines is 1. The van der Waals surface area contributed by atoms with Crippen molar-refractivity contribution in [2.75, 3.05) is 31.5 Å². The van der Waals surface area contributed by atoms with Crippen molar-refractivity contribution in [1.82, 2.24) is 26.1 Å². The van der Waals surface area contributed by atoms with Crippen LogP contribution in [-0.4, -0.2) is 71.4 Å². The predicted octanol–water partition coefficient (Wildman–Crippen LogP) is 2.66. The maximum absolute atomic E-state index is 13.3. The molecular weight excluding hydrogens is 562 g/mol. The van der Waals surface area contributed by atoms with E-state index in [0.717, 1.165) is 6.07 Å². The van der Waals surface area contributed by atoms with Crippen LogP contribution in [0.2, 0.25) is 5.02 Å². The number of carbonyl (C=O) groups excluding carboxylic acids is 2. The summed E-state index contributed by atoms with van der Waals surface area (Å²) in [6, 6.07) is 5.37. The molecule has 16 heteroatoms. The van der Waals surface area contributed by atoms with Gasteiger partial charge in [-0.15, -0.1) is 0 Å². The van der Waals surface area contributed by atoms with E-state index in [1.807, 2.05) is 0 Å². The number of rotatable bonds is 8. The summed E-state index contributed by atoms with van der Waals surface area (Å²) in [5.74, 6) is -4.13. The van der Waals surface area contributed by atoms with Gasteiger partial charge in [0.1, 0.15) is 6.17 Å². The lowest BCUT2D eigenvalue weighted by Crippen LogP contribution is -2.41. The van der Waals surface area contributed by atoms with Gasteiger partial charge in [0.2, 0.25) is 5.91 Å². The van der Waals surface area contributed by atoms with Crippen molar-refractivity contribution in [2.45, 2.75) is 18.3 Å². The maximum Gasteiger partial charge on any atom is 0.416 e. The van der Waals surface area contributed by atoms with Gasteiger partial charge in [-0.25, -0.2) is 9.38 Å².